The lowest BCUT2D eigenvalue weighted by molar-refractivity contribution is 0.174. The van der Waals surface area contributed by atoms with Gasteiger partial charge in [-0.3, -0.25) is 0 Å². The fourth-order valence-corrected chi connectivity index (χ4v) is 2.20. The summed E-state index contributed by atoms with van der Waals surface area (Å²) in [6.07, 6.45) is -0.480. The number of methoxy groups -OCH3 is 1. The van der Waals surface area contributed by atoms with Gasteiger partial charge < -0.3 is 15.2 Å². The molecule has 0 amide bonds. The summed E-state index contributed by atoms with van der Waals surface area (Å²) < 4.78 is 5.47. The van der Waals surface area contributed by atoms with E-state index < -0.39 is 6.10 Å². The second-order valence-electron chi connectivity index (χ2n) is 5.98. The van der Waals surface area contributed by atoms with E-state index in [4.69, 9.17) is 4.74 Å². The van der Waals surface area contributed by atoms with Crippen LogP contribution in [0.1, 0.15) is 50.5 Å². The molecule has 0 bridgehead atoms. The molecule has 3 nitrogen and oxygen atoms in total. The van der Waals surface area contributed by atoms with Crippen molar-refractivity contribution >= 4 is 0 Å². The number of likely N-dealkylation sites (N-methyl/N-ethyl adjacent to an activating group) is 1. The van der Waals surface area contributed by atoms with E-state index in [0.717, 1.165) is 29.0 Å². The topological polar surface area (TPSA) is 41.5 Å². The zero-order chi connectivity index (χ0) is 14.6. The van der Waals surface area contributed by atoms with Crippen LogP contribution in [-0.4, -0.2) is 25.3 Å². The van der Waals surface area contributed by atoms with Gasteiger partial charge in [-0.25, -0.2) is 0 Å². The van der Waals surface area contributed by atoms with Gasteiger partial charge in [0.1, 0.15) is 5.75 Å². The van der Waals surface area contributed by atoms with Crippen LogP contribution in [0.5, 0.6) is 5.75 Å². The Morgan fingerprint density at radius 3 is 2.42 bits per heavy atom. The third-order valence-electron chi connectivity index (χ3n) is 3.34. The summed E-state index contributed by atoms with van der Waals surface area (Å²) in [6, 6.07) is 4.10. The van der Waals surface area contributed by atoms with E-state index >= 15 is 0 Å². The minimum absolute atomic E-state index is 0.00824. The van der Waals surface area contributed by atoms with Gasteiger partial charge in [0.05, 0.1) is 13.2 Å². The number of aliphatic hydroxyl groups excluding tert-OH is 1. The number of nitrogens with one attached hydrogen (secondary N) is 1. The van der Waals surface area contributed by atoms with E-state index in [0.29, 0.717) is 6.54 Å². The van der Waals surface area contributed by atoms with Gasteiger partial charge >= 0.3 is 0 Å². The molecule has 1 aromatic carbocycles. The van der Waals surface area contributed by atoms with Crippen LogP contribution in [0.25, 0.3) is 0 Å². The van der Waals surface area contributed by atoms with Gasteiger partial charge in [0.25, 0.3) is 0 Å². The van der Waals surface area contributed by atoms with Crippen molar-refractivity contribution in [1.82, 2.24) is 5.32 Å². The fourth-order valence-electron chi connectivity index (χ4n) is 2.20. The van der Waals surface area contributed by atoms with Gasteiger partial charge in [-0.15, -0.1) is 0 Å². The molecule has 0 heterocycles. The Bertz CT molecular complexity index is 421. The third kappa shape index (κ3) is 3.95. The lowest BCUT2D eigenvalue weighted by Gasteiger charge is -2.25. The Morgan fingerprint density at radius 1 is 1.32 bits per heavy atom. The van der Waals surface area contributed by atoms with Crippen LogP contribution in [0.4, 0.5) is 0 Å². The maximum Gasteiger partial charge on any atom is 0.122 e. The molecule has 1 rings (SSSR count). The third-order valence-corrected chi connectivity index (χ3v) is 3.34. The van der Waals surface area contributed by atoms with Crippen LogP contribution in [0, 0.1) is 6.92 Å². The largest absolute Gasteiger partial charge is 0.496 e. The van der Waals surface area contributed by atoms with Crippen LogP contribution in [0.3, 0.4) is 0 Å². The van der Waals surface area contributed by atoms with Crippen molar-refractivity contribution in [3.05, 3.63) is 28.8 Å². The standard InChI is InChI=1S/C16H27NO2/c1-7-17-10-14(18)12-9-13(16(3,4)5)15(19-6)8-11(12)2/h8-9,14,17-18H,7,10H2,1-6H3. The lowest BCUT2D eigenvalue weighted by atomic mass is 9.83. The summed E-state index contributed by atoms with van der Waals surface area (Å²) in [4.78, 5) is 0. The summed E-state index contributed by atoms with van der Waals surface area (Å²) in [6.45, 7) is 11.9. The summed E-state index contributed by atoms with van der Waals surface area (Å²) in [5, 5.41) is 13.5. The van der Waals surface area contributed by atoms with Crippen LogP contribution >= 0.6 is 0 Å². The highest BCUT2D eigenvalue weighted by molar-refractivity contribution is 5.46. The first-order valence-corrected chi connectivity index (χ1v) is 6.89. The van der Waals surface area contributed by atoms with E-state index in [1.165, 1.54) is 0 Å². The average molecular weight is 265 g/mol. The maximum atomic E-state index is 10.3. The smallest absolute Gasteiger partial charge is 0.122 e. The Kier molecular flexibility index (Phi) is 5.39. The molecule has 0 aliphatic rings. The van der Waals surface area contributed by atoms with Crippen molar-refractivity contribution < 1.29 is 9.84 Å². The molecule has 1 atom stereocenters. The van der Waals surface area contributed by atoms with Crippen molar-refractivity contribution in [1.29, 1.82) is 0 Å². The molecule has 0 saturated carbocycles. The molecule has 0 aliphatic heterocycles. The molecule has 108 valence electrons. The highest BCUT2D eigenvalue weighted by atomic mass is 16.5. The zero-order valence-electron chi connectivity index (χ0n) is 13.0. The molecule has 0 radical (unpaired) electrons. The van der Waals surface area contributed by atoms with Crippen LogP contribution in [-0.2, 0) is 5.41 Å². The summed E-state index contributed by atoms with van der Waals surface area (Å²) >= 11 is 0. The van der Waals surface area contributed by atoms with Gasteiger partial charge in [0.2, 0.25) is 0 Å². The van der Waals surface area contributed by atoms with Gasteiger partial charge in [0.15, 0.2) is 0 Å². The van der Waals surface area contributed by atoms with Crippen molar-refractivity contribution in [2.24, 2.45) is 0 Å². The first-order valence-electron chi connectivity index (χ1n) is 6.89. The first kappa shape index (κ1) is 16.0. The number of ether oxygens (including phenoxy) is 1. The Labute approximate surface area is 117 Å². The number of aliphatic hydroxyl groups is 1. The highest BCUT2D eigenvalue weighted by Gasteiger charge is 2.22. The Morgan fingerprint density at radius 2 is 1.95 bits per heavy atom. The summed E-state index contributed by atoms with van der Waals surface area (Å²) in [7, 11) is 1.69. The quantitative estimate of drug-likeness (QED) is 0.860. The number of aryl methyl sites for hydroxylation is 1. The number of hydrogen-bond donors (Lipinski definition) is 2. The van der Waals surface area contributed by atoms with E-state index in [-0.39, 0.29) is 5.41 Å². The molecule has 2 N–H and O–H groups in total. The zero-order valence-corrected chi connectivity index (χ0v) is 13.0. The Balaban J connectivity index is 3.19. The molecular weight excluding hydrogens is 238 g/mol. The summed E-state index contributed by atoms with van der Waals surface area (Å²) in [5.41, 5.74) is 3.17. The molecule has 0 aliphatic carbocycles. The highest BCUT2D eigenvalue weighted by Crippen LogP contribution is 2.35. The van der Waals surface area contributed by atoms with Gasteiger partial charge in [-0.05, 0) is 47.7 Å². The molecule has 19 heavy (non-hydrogen) atoms. The first-order chi connectivity index (χ1) is 8.81. The van der Waals surface area contributed by atoms with Crippen molar-refractivity contribution in [2.75, 3.05) is 20.2 Å². The molecular formula is C16H27NO2. The summed E-state index contributed by atoms with van der Waals surface area (Å²) in [5.74, 6) is 0.893. The molecule has 3 heteroatoms. The molecule has 0 aromatic heterocycles. The van der Waals surface area contributed by atoms with Crippen molar-refractivity contribution in [3.63, 3.8) is 0 Å². The van der Waals surface area contributed by atoms with Gasteiger partial charge in [0, 0.05) is 6.54 Å². The predicted molar refractivity (Wildman–Crippen MR) is 79.9 cm³/mol. The number of rotatable bonds is 5. The lowest BCUT2D eigenvalue weighted by Crippen LogP contribution is -2.22. The average Bonchev–Trinajstić information content (AvgIpc) is 2.33. The molecule has 0 saturated heterocycles. The van der Waals surface area contributed by atoms with Crippen molar-refractivity contribution in [2.45, 2.75) is 46.1 Å². The number of hydrogen-bond acceptors (Lipinski definition) is 3. The second-order valence-corrected chi connectivity index (χ2v) is 5.98. The van der Waals surface area contributed by atoms with Crippen LogP contribution in [0.2, 0.25) is 0 Å². The predicted octanol–water partition coefficient (Wildman–Crippen LogP) is 2.94. The minimum Gasteiger partial charge on any atom is -0.496 e. The van der Waals surface area contributed by atoms with Crippen LogP contribution < -0.4 is 10.1 Å². The molecule has 0 fully saturated rings. The normalized spacial score (nSPS) is 13.4. The number of benzene rings is 1. The SMILES string of the molecule is CCNCC(O)c1cc(C(C)(C)C)c(OC)cc1C. The molecule has 1 aromatic rings. The molecule has 1 unspecified atom stereocenters. The van der Waals surface area contributed by atoms with E-state index in [1.54, 1.807) is 7.11 Å². The van der Waals surface area contributed by atoms with Crippen LogP contribution in [0.15, 0.2) is 12.1 Å². The van der Waals surface area contributed by atoms with E-state index in [2.05, 4.69) is 32.2 Å². The van der Waals surface area contributed by atoms with E-state index in [1.807, 2.05) is 19.9 Å². The van der Waals surface area contributed by atoms with E-state index in [9.17, 15) is 5.11 Å². The molecule has 0 spiro atoms. The second kappa shape index (κ2) is 6.40. The minimum atomic E-state index is -0.480. The monoisotopic (exact) mass is 265 g/mol. The van der Waals surface area contributed by atoms with Crippen molar-refractivity contribution in [3.8, 4) is 5.75 Å². The van der Waals surface area contributed by atoms with Gasteiger partial charge in [-0.2, -0.15) is 0 Å². The van der Waals surface area contributed by atoms with Gasteiger partial charge in [-0.1, -0.05) is 27.7 Å². The maximum absolute atomic E-state index is 10.3. The Hall–Kier alpha value is -1.06. The fraction of sp³-hybridized carbons (Fsp3) is 0.625.